The van der Waals surface area contributed by atoms with Gasteiger partial charge in [0.2, 0.25) is 5.91 Å². The minimum absolute atomic E-state index is 0.0205. The summed E-state index contributed by atoms with van der Waals surface area (Å²) >= 11 is 0. The monoisotopic (exact) mass is 872 g/mol. The lowest BCUT2D eigenvalue weighted by atomic mass is 10.0. The van der Waals surface area contributed by atoms with Crippen LogP contribution < -0.4 is 5.32 Å². The summed E-state index contributed by atoms with van der Waals surface area (Å²) in [7, 11) is 0. The quantitative estimate of drug-likeness (QED) is 0.0321. The summed E-state index contributed by atoms with van der Waals surface area (Å²) in [6, 6.07) is -0.585. The molecule has 0 aromatic heterocycles. The second kappa shape index (κ2) is 51.7. The molecule has 0 aliphatic heterocycles. The molecule has 1 amide bonds. The molecule has 6 heteroatoms. The predicted molar refractivity (Wildman–Crippen MR) is 269 cm³/mol. The van der Waals surface area contributed by atoms with Gasteiger partial charge in [0, 0.05) is 12.8 Å². The molecule has 0 radical (unpaired) electrons. The highest BCUT2D eigenvalue weighted by atomic mass is 16.5. The molecule has 0 aromatic carbocycles. The number of hydrogen-bond acceptors (Lipinski definition) is 5. The molecule has 364 valence electrons. The maximum atomic E-state index is 12.4. The molecule has 2 unspecified atom stereocenters. The molecule has 0 saturated heterocycles. The van der Waals surface area contributed by atoms with Crippen LogP contribution in [0, 0.1) is 0 Å². The molecule has 0 rings (SSSR count). The fourth-order valence-electron chi connectivity index (χ4n) is 8.21. The van der Waals surface area contributed by atoms with Gasteiger partial charge in [0.1, 0.15) is 0 Å². The summed E-state index contributed by atoms with van der Waals surface area (Å²) in [5.74, 6) is -0.136. The van der Waals surface area contributed by atoms with E-state index >= 15 is 0 Å². The number of aliphatic hydroxyl groups excluding tert-OH is 2. The lowest BCUT2D eigenvalue weighted by Gasteiger charge is -2.22. The third kappa shape index (κ3) is 47.6. The molecule has 0 spiro atoms. The average molecular weight is 872 g/mol. The minimum Gasteiger partial charge on any atom is -0.466 e. The predicted octanol–water partition coefficient (Wildman–Crippen LogP) is 16.5. The van der Waals surface area contributed by atoms with Crippen molar-refractivity contribution < 1.29 is 24.5 Å². The van der Waals surface area contributed by atoms with Gasteiger partial charge in [-0.3, -0.25) is 9.59 Å². The van der Waals surface area contributed by atoms with Gasteiger partial charge < -0.3 is 20.3 Å². The number of carbonyl (C=O) groups is 2. The van der Waals surface area contributed by atoms with Gasteiger partial charge in [-0.1, -0.05) is 237 Å². The van der Waals surface area contributed by atoms with E-state index in [0.29, 0.717) is 32.3 Å². The molecule has 0 aromatic rings. The Balaban J connectivity index is 3.54. The number of rotatable bonds is 50. The largest absolute Gasteiger partial charge is 0.466 e. The van der Waals surface area contributed by atoms with E-state index in [0.717, 1.165) is 51.4 Å². The molecule has 0 aliphatic carbocycles. The number of aliphatic hydroxyl groups is 2. The number of carbonyl (C=O) groups excluding carboxylic acids is 2. The maximum Gasteiger partial charge on any atom is 0.305 e. The van der Waals surface area contributed by atoms with Gasteiger partial charge in [0.25, 0.3) is 0 Å². The van der Waals surface area contributed by atoms with Crippen LogP contribution in [0.5, 0.6) is 0 Å². The van der Waals surface area contributed by atoms with Crippen molar-refractivity contribution >= 4 is 11.9 Å². The molecule has 62 heavy (non-hydrogen) atoms. The number of esters is 1. The molecule has 0 fully saturated rings. The highest BCUT2D eigenvalue weighted by Gasteiger charge is 2.19. The first kappa shape index (κ1) is 60.1. The summed E-state index contributed by atoms with van der Waals surface area (Å²) in [5.41, 5.74) is 0. The van der Waals surface area contributed by atoms with Crippen LogP contribution >= 0.6 is 0 Å². The van der Waals surface area contributed by atoms with E-state index in [9.17, 15) is 19.8 Å². The molecule has 2 atom stereocenters. The number of amides is 1. The van der Waals surface area contributed by atoms with Crippen molar-refractivity contribution in [2.24, 2.45) is 0 Å². The van der Waals surface area contributed by atoms with Crippen LogP contribution in [-0.4, -0.2) is 47.4 Å². The molecular formula is C56H105NO5. The van der Waals surface area contributed by atoms with E-state index in [-0.39, 0.29) is 18.5 Å². The van der Waals surface area contributed by atoms with Crippen LogP contribution in [0.15, 0.2) is 36.5 Å². The van der Waals surface area contributed by atoms with Crippen molar-refractivity contribution in [3.05, 3.63) is 36.5 Å². The first-order chi connectivity index (χ1) is 30.5. The maximum absolute atomic E-state index is 12.4. The van der Waals surface area contributed by atoms with Crippen molar-refractivity contribution in [1.82, 2.24) is 5.32 Å². The third-order valence-electron chi connectivity index (χ3n) is 12.4. The zero-order valence-electron chi connectivity index (χ0n) is 41.4. The summed E-state index contributed by atoms with van der Waals surface area (Å²) in [6.07, 6.45) is 62.8. The van der Waals surface area contributed by atoms with Gasteiger partial charge in [-0.15, -0.1) is 0 Å². The summed E-state index contributed by atoms with van der Waals surface area (Å²) in [5, 5.41) is 23.2. The zero-order chi connectivity index (χ0) is 45.1. The van der Waals surface area contributed by atoms with Crippen molar-refractivity contribution in [1.29, 1.82) is 0 Å². The minimum atomic E-state index is -0.699. The second-order valence-corrected chi connectivity index (χ2v) is 18.6. The zero-order valence-corrected chi connectivity index (χ0v) is 41.4. The van der Waals surface area contributed by atoms with E-state index in [2.05, 4.69) is 49.5 Å². The normalized spacial score (nSPS) is 12.9. The number of ether oxygens (including phenoxy) is 1. The van der Waals surface area contributed by atoms with E-state index < -0.39 is 12.1 Å². The average Bonchev–Trinajstić information content (AvgIpc) is 3.27. The Hall–Kier alpha value is -1.92. The Labute approximate surface area is 385 Å². The third-order valence-corrected chi connectivity index (χ3v) is 12.4. The van der Waals surface area contributed by atoms with E-state index in [4.69, 9.17) is 4.74 Å². The Morgan fingerprint density at radius 1 is 0.452 bits per heavy atom. The van der Waals surface area contributed by atoms with Gasteiger partial charge in [0.15, 0.2) is 0 Å². The Morgan fingerprint density at radius 2 is 0.823 bits per heavy atom. The fourth-order valence-corrected chi connectivity index (χ4v) is 8.21. The number of unbranched alkanes of at least 4 members (excludes halogenated alkanes) is 33. The van der Waals surface area contributed by atoms with Gasteiger partial charge in [-0.05, 0) is 70.6 Å². The highest BCUT2D eigenvalue weighted by Crippen LogP contribution is 2.16. The fraction of sp³-hybridized carbons (Fsp3) is 0.857. The van der Waals surface area contributed by atoms with Crippen LogP contribution in [0.3, 0.4) is 0 Å². The van der Waals surface area contributed by atoms with Gasteiger partial charge in [0.05, 0.1) is 25.4 Å². The molecule has 0 bridgehead atoms. The smallest absolute Gasteiger partial charge is 0.305 e. The standard InChI is InChI=1S/C56H105NO5/c1-3-5-7-9-11-13-15-17-19-20-22-26-30-34-38-42-46-50-56(61)62-51-47-43-39-35-31-27-23-25-29-33-37-41-45-49-55(60)57-53(52-58)54(59)48-44-40-36-32-28-24-21-18-16-14-12-10-8-6-4-2/h17,19,25,29,37,41,53-54,58-59H,3-16,18,20-24,26-28,30-36,38-40,42-52H2,1-2H3,(H,57,60)/b19-17-,29-25-,41-37-. The highest BCUT2D eigenvalue weighted by molar-refractivity contribution is 5.76. The van der Waals surface area contributed by atoms with Crippen molar-refractivity contribution in [2.75, 3.05) is 13.2 Å². The van der Waals surface area contributed by atoms with Crippen molar-refractivity contribution in [3.63, 3.8) is 0 Å². The van der Waals surface area contributed by atoms with Crippen LogP contribution in [-0.2, 0) is 14.3 Å². The van der Waals surface area contributed by atoms with Crippen LogP contribution in [0.25, 0.3) is 0 Å². The number of nitrogens with one attached hydrogen (secondary N) is 1. The molecule has 0 heterocycles. The first-order valence-electron chi connectivity index (χ1n) is 27.2. The van der Waals surface area contributed by atoms with Crippen LogP contribution in [0.4, 0.5) is 0 Å². The molecule has 3 N–H and O–H groups in total. The van der Waals surface area contributed by atoms with Crippen molar-refractivity contribution in [2.45, 2.75) is 296 Å². The summed E-state index contributed by atoms with van der Waals surface area (Å²) in [6.45, 7) is 4.88. The summed E-state index contributed by atoms with van der Waals surface area (Å²) < 4.78 is 5.46. The van der Waals surface area contributed by atoms with Crippen molar-refractivity contribution in [3.8, 4) is 0 Å². The van der Waals surface area contributed by atoms with Gasteiger partial charge in [-0.2, -0.15) is 0 Å². The van der Waals surface area contributed by atoms with Gasteiger partial charge in [-0.25, -0.2) is 0 Å². The number of allylic oxidation sites excluding steroid dienone is 6. The van der Waals surface area contributed by atoms with Gasteiger partial charge >= 0.3 is 5.97 Å². The Kier molecular flexibility index (Phi) is 50.1. The number of hydrogen-bond donors (Lipinski definition) is 3. The molecule has 0 aliphatic rings. The van der Waals surface area contributed by atoms with Crippen LogP contribution in [0.1, 0.15) is 284 Å². The molecular weight excluding hydrogens is 767 g/mol. The SMILES string of the molecule is CCCCCCCC/C=C\CCCCCCCCCC(=O)OCCCCCCCC/C=C\C/C=C\CCC(=O)NC(CO)C(O)CCCCCCCCCCCCCCCCC. The lowest BCUT2D eigenvalue weighted by Crippen LogP contribution is -2.45. The van der Waals surface area contributed by atoms with E-state index in [1.807, 2.05) is 6.08 Å². The second-order valence-electron chi connectivity index (χ2n) is 18.6. The lowest BCUT2D eigenvalue weighted by molar-refractivity contribution is -0.143. The van der Waals surface area contributed by atoms with Crippen LogP contribution in [0.2, 0.25) is 0 Å². The molecule has 0 saturated carbocycles. The first-order valence-corrected chi connectivity index (χ1v) is 27.2. The Bertz CT molecular complexity index is 1010. The van der Waals surface area contributed by atoms with E-state index in [1.54, 1.807) is 0 Å². The van der Waals surface area contributed by atoms with E-state index in [1.165, 1.54) is 193 Å². The Morgan fingerprint density at radius 3 is 1.27 bits per heavy atom. The topological polar surface area (TPSA) is 95.9 Å². The molecule has 6 nitrogen and oxygen atoms in total. The summed E-state index contributed by atoms with van der Waals surface area (Å²) in [4.78, 5) is 24.5.